The second-order valence-electron chi connectivity index (χ2n) is 4.25. The number of benzene rings is 1. The number of rotatable bonds is 7. The van der Waals surface area contributed by atoms with Crippen molar-refractivity contribution in [3.63, 3.8) is 0 Å². The Kier molecular flexibility index (Phi) is 5.95. The molecule has 0 saturated heterocycles. The molecule has 1 aromatic heterocycles. The van der Waals surface area contributed by atoms with Crippen LogP contribution in [0.4, 0.5) is 5.82 Å². The third-order valence-corrected chi connectivity index (χ3v) is 4.29. The van der Waals surface area contributed by atoms with Crippen LogP contribution in [0.15, 0.2) is 36.5 Å². The summed E-state index contributed by atoms with van der Waals surface area (Å²) in [5.41, 5.74) is 1.07. The Hall–Kier alpha value is -1.66. The van der Waals surface area contributed by atoms with Crippen LogP contribution < -0.4 is 10.1 Å². The summed E-state index contributed by atoms with van der Waals surface area (Å²) in [7, 11) is 0.549. The Bertz CT molecular complexity index is 610. The van der Waals surface area contributed by atoms with Crippen molar-refractivity contribution < 1.29 is 8.95 Å². The second-order valence-corrected chi connectivity index (χ2v) is 6.24. The van der Waals surface area contributed by atoms with E-state index < -0.39 is 10.8 Å². The molecule has 1 N–H and O–H groups in total. The SMILES string of the molecule is COc1ncc(Cl)c(NCCS(=O)Cc2ccccc2)n1. The largest absolute Gasteiger partial charge is 0.467 e. The van der Waals surface area contributed by atoms with Crippen LogP contribution in [0.25, 0.3) is 0 Å². The molecule has 0 radical (unpaired) electrons. The van der Waals surface area contributed by atoms with Gasteiger partial charge in [-0.05, 0) is 5.56 Å². The van der Waals surface area contributed by atoms with E-state index in [2.05, 4.69) is 15.3 Å². The summed E-state index contributed by atoms with van der Waals surface area (Å²) >= 11 is 5.98. The highest BCUT2D eigenvalue weighted by atomic mass is 35.5. The Morgan fingerprint density at radius 2 is 2.10 bits per heavy atom. The fourth-order valence-corrected chi connectivity index (χ4v) is 2.89. The van der Waals surface area contributed by atoms with Crippen LogP contribution >= 0.6 is 11.6 Å². The van der Waals surface area contributed by atoms with Crippen molar-refractivity contribution in [1.82, 2.24) is 9.97 Å². The average molecular weight is 326 g/mol. The number of hydrogen-bond donors (Lipinski definition) is 1. The van der Waals surface area contributed by atoms with Crippen molar-refractivity contribution in [2.75, 3.05) is 24.7 Å². The molecule has 0 spiro atoms. The van der Waals surface area contributed by atoms with E-state index in [4.69, 9.17) is 16.3 Å². The lowest BCUT2D eigenvalue weighted by Crippen LogP contribution is -2.13. The molecule has 7 heteroatoms. The average Bonchev–Trinajstić information content (AvgIpc) is 2.50. The summed E-state index contributed by atoms with van der Waals surface area (Å²) in [5.74, 6) is 1.54. The van der Waals surface area contributed by atoms with E-state index in [1.54, 1.807) is 0 Å². The standard InChI is InChI=1S/C14H16ClN3O2S/c1-20-14-17-9-12(15)13(18-14)16-7-8-21(19)10-11-5-3-2-4-6-11/h2-6,9H,7-8,10H2,1H3,(H,16,17,18). The molecule has 0 bridgehead atoms. The van der Waals surface area contributed by atoms with Crippen LogP contribution in [0.3, 0.4) is 0 Å². The number of methoxy groups -OCH3 is 1. The van der Waals surface area contributed by atoms with Crippen molar-refractivity contribution in [1.29, 1.82) is 0 Å². The van der Waals surface area contributed by atoms with Crippen LogP contribution in [0.5, 0.6) is 6.01 Å². The number of ether oxygens (including phenoxy) is 1. The van der Waals surface area contributed by atoms with E-state index in [1.165, 1.54) is 13.3 Å². The first-order valence-electron chi connectivity index (χ1n) is 6.38. The highest BCUT2D eigenvalue weighted by molar-refractivity contribution is 7.84. The van der Waals surface area contributed by atoms with Gasteiger partial charge in [-0.25, -0.2) is 4.98 Å². The number of hydrogen-bond acceptors (Lipinski definition) is 5. The number of nitrogens with one attached hydrogen (secondary N) is 1. The first-order chi connectivity index (χ1) is 10.2. The van der Waals surface area contributed by atoms with E-state index in [0.717, 1.165) is 5.56 Å². The minimum atomic E-state index is -0.939. The van der Waals surface area contributed by atoms with Gasteiger partial charge in [0, 0.05) is 28.9 Å². The number of anilines is 1. The van der Waals surface area contributed by atoms with Gasteiger partial charge < -0.3 is 10.1 Å². The Morgan fingerprint density at radius 1 is 1.33 bits per heavy atom. The summed E-state index contributed by atoms with van der Waals surface area (Å²) < 4.78 is 16.9. The monoisotopic (exact) mass is 325 g/mol. The second kappa shape index (κ2) is 7.95. The molecule has 2 rings (SSSR count). The molecule has 0 fully saturated rings. The molecule has 0 amide bonds. The minimum absolute atomic E-state index is 0.243. The number of nitrogens with zero attached hydrogens (tertiary/aromatic N) is 2. The molecular weight excluding hydrogens is 310 g/mol. The predicted octanol–water partition coefficient (Wildman–Crippen LogP) is 2.50. The zero-order valence-corrected chi connectivity index (χ0v) is 13.2. The predicted molar refractivity (Wildman–Crippen MR) is 85.2 cm³/mol. The Balaban J connectivity index is 1.83. The summed E-state index contributed by atoms with van der Waals surface area (Å²) in [6, 6.07) is 10.0. The van der Waals surface area contributed by atoms with Gasteiger partial charge >= 0.3 is 6.01 Å². The maximum Gasteiger partial charge on any atom is 0.318 e. The Labute approximate surface area is 131 Å². The van der Waals surface area contributed by atoms with E-state index in [-0.39, 0.29) is 6.01 Å². The van der Waals surface area contributed by atoms with Crippen LogP contribution in [0.2, 0.25) is 5.02 Å². The third kappa shape index (κ3) is 4.99. The van der Waals surface area contributed by atoms with Gasteiger partial charge in [-0.15, -0.1) is 0 Å². The molecule has 1 heterocycles. The van der Waals surface area contributed by atoms with Crippen LogP contribution in [-0.4, -0.2) is 33.6 Å². The molecule has 2 aromatic rings. The number of aromatic nitrogens is 2. The van der Waals surface area contributed by atoms with Gasteiger partial charge in [0.05, 0.1) is 13.3 Å². The van der Waals surface area contributed by atoms with E-state index >= 15 is 0 Å². The van der Waals surface area contributed by atoms with Crippen molar-refractivity contribution >= 4 is 28.2 Å². The zero-order valence-electron chi connectivity index (χ0n) is 11.6. The van der Waals surface area contributed by atoms with Gasteiger partial charge in [0.1, 0.15) is 5.02 Å². The molecule has 21 heavy (non-hydrogen) atoms. The zero-order chi connectivity index (χ0) is 15.1. The molecule has 0 saturated carbocycles. The quantitative estimate of drug-likeness (QED) is 0.847. The van der Waals surface area contributed by atoms with Gasteiger partial charge in [-0.1, -0.05) is 41.9 Å². The van der Waals surface area contributed by atoms with E-state index in [9.17, 15) is 4.21 Å². The van der Waals surface area contributed by atoms with E-state index in [0.29, 0.717) is 28.9 Å². The topological polar surface area (TPSA) is 64.1 Å². The van der Waals surface area contributed by atoms with Crippen molar-refractivity contribution in [3.8, 4) is 6.01 Å². The maximum absolute atomic E-state index is 12.0. The summed E-state index contributed by atoms with van der Waals surface area (Å²) in [6.07, 6.45) is 1.47. The van der Waals surface area contributed by atoms with Crippen molar-refractivity contribution in [2.24, 2.45) is 0 Å². The normalized spacial score (nSPS) is 11.9. The van der Waals surface area contributed by atoms with Crippen molar-refractivity contribution in [3.05, 3.63) is 47.1 Å². The van der Waals surface area contributed by atoms with Gasteiger partial charge in [0.2, 0.25) is 0 Å². The van der Waals surface area contributed by atoms with Gasteiger partial charge in [-0.3, -0.25) is 4.21 Å². The lowest BCUT2D eigenvalue weighted by Gasteiger charge is -2.08. The fourth-order valence-electron chi connectivity index (χ4n) is 1.69. The molecule has 1 atom stereocenters. The maximum atomic E-state index is 12.0. The van der Waals surface area contributed by atoms with Crippen LogP contribution in [0.1, 0.15) is 5.56 Å². The lowest BCUT2D eigenvalue weighted by atomic mass is 10.2. The molecule has 5 nitrogen and oxygen atoms in total. The van der Waals surface area contributed by atoms with Crippen LogP contribution in [0, 0.1) is 0 Å². The highest BCUT2D eigenvalue weighted by Crippen LogP contribution is 2.19. The molecule has 0 aliphatic carbocycles. The third-order valence-electron chi connectivity index (χ3n) is 2.70. The van der Waals surface area contributed by atoms with Crippen molar-refractivity contribution in [2.45, 2.75) is 5.75 Å². The molecule has 1 aromatic carbocycles. The van der Waals surface area contributed by atoms with E-state index in [1.807, 2.05) is 30.3 Å². The smallest absolute Gasteiger partial charge is 0.318 e. The van der Waals surface area contributed by atoms with Gasteiger partial charge in [0.15, 0.2) is 5.82 Å². The fraction of sp³-hybridized carbons (Fsp3) is 0.286. The first kappa shape index (κ1) is 15.7. The summed E-state index contributed by atoms with van der Waals surface area (Å²) in [4.78, 5) is 7.99. The minimum Gasteiger partial charge on any atom is -0.467 e. The Morgan fingerprint density at radius 3 is 2.81 bits per heavy atom. The molecule has 1 unspecified atom stereocenters. The molecule has 112 valence electrons. The van der Waals surface area contributed by atoms with Gasteiger partial charge in [0.25, 0.3) is 0 Å². The number of halogens is 1. The van der Waals surface area contributed by atoms with Crippen LogP contribution in [-0.2, 0) is 16.6 Å². The molecular formula is C14H16ClN3O2S. The lowest BCUT2D eigenvalue weighted by molar-refractivity contribution is 0.380. The van der Waals surface area contributed by atoms with Gasteiger partial charge in [-0.2, -0.15) is 4.98 Å². The first-order valence-corrected chi connectivity index (χ1v) is 8.25. The summed E-state index contributed by atoms with van der Waals surface area (Å²) in [5, 5.41) is 3.46. The summed E-state index contributed by atoms with van der Waals surface area (Å²) in [6.45, 7) is 0.513. The highest BCUT2D eigenvalue weighted by Gasteiger charge is 2.06. The molecule has 0 aliphatic heterocycles. The molecule has 0 aliphatic rings.